The molecule has 1 heterocycles. The van der Waals surface area contributed by atoms with Crippen molar-refractivity contribution >= 4 is 5.97 Å². The predicted octanol–water partition coefficient (Wildman–Crippen LogP) is 1.85. The molecule has 1 N–H and O–H groups in total. The lowest BCUT2D eigenvalue weighted by Gasteiger charge is -2.12. The van der Waals surface area contributed by atoms with Gasteiger partial charge in [0.25, 0.3) is 0 Å². The van der Waals surface area contributed by atoms with Crippen molar-refractivity contribution in [1.82, 2.24) is 0 Å². The van der Waals surface area contributed by atoms with Gasteiger partial charge in [0.05, 0.1) is 12.0 Å². The summed E-state index contributed by atoms with van der Waals surface area (Å²) in [5, 5.41) is 9.19. The molecule has 1 unspecified atom stereocenters. The van der Waals surface area contributed by atoms with Crippen LogP contribution in [-0.2, 0) is 19.7 Å². The Balaban J connectivity index is 1.83. The van der Waals surface area contributed by atoms with E-state index in [1.165, 1.54) is 0 Å². The molecule has 1 atom stereocenters. The van der Waals surface area contributed by atoms with Crippen LogP contribution >= 0.6 is 0 Å². The zero-order valence-electron chi connectivity index (χ0n) is 9.39. The first-order chi connectivity index (χ1) is 8.22. The molecule has 90 valence electrons. The summed E-state index contributed by atoms with van der Waals surface area (Å²) in [7, 11) is 0. The van der Waals surface area contributed by atoms with Gasteiger partial charge in [-0.1, -0.05) is 24.3 Å². The van der Waals surface area contributed by atoms with Crippen molar-refractivity contribution in [3.63, 3.8) is 0 Å². The smallest absolute Gasteiger partial charge is 0.314 e. The van der Waals surface area contributed by atoms with Gasteiger partial charge < -0.3 is 14.6 Å². The fraction of sp³-hybridized carbons (Fsp3) is 0.462. The summed E-state index contributed by atoms with van der Waals surface area (Å²) >= 11 is 0. The maximum absolute atomic E-state index is 11.2. The van der Waals surface area contributed by atoms with Crippen LogP contribution in [0, 0.1) is 0 Å². The van der Waals surface area contributed by atoms with Gasteiger partial charge in [-0.2, -0.15) is 0 Å². The topological polar surface area (TPSA) is 55.8 Å². The van der Waals surface area contributed by atoms with Gasteiger partial charge in [0.2, 0.25) is 0 Å². The maximum Gasteiger partial charge on any atom is 0.314 e. The number of carboxylic acids is 1. The second-order valence-electron chi connectivity index (χ2n) is 4.65. The van der Waals surface area contributed by atoms with Gasteiger partial charge in [0, 0.05) is 0 Å². The van der Waals surface area contributed by atoms with Gasteiger partial charge in [-0.3, -0.25) is 4.79 Å². The van der Waals surface area contributed by atoms with Gasteiger partial charge in [-0.15, -0.1) is 0 Å². The molecule has 2 aliphatic rings. The number of rotatable bonds is 3. The van der Waals surface area contributed by atoms with Crippen LogP contribution in [0.2, 0.25) is 0 Å². The quantitative estimate of drug-likeness (QED) is 0.867. The first kappa shape index (κ1) is 10.7. The summed E-state index contributed by atoms with van der Waals surface area (Å²) < 4.78 is 10.5. The normalized spacial score (nSPS) is 25.8. The SMILES string of the molecule is O=C(O)C1(c2ccc(C3COCO3)cc2)CC1. The molecular weight excluding hydrogens is 220 g/mol. The molecule has 1 aliphatic carbocycles. The van der Waals surface area contributed by atoms with Crippen LogP contribution in [0.4, 0.5) is 0 Å². The monoisotopic (exact) mass is 234 g/mol. The fourth-order valence-corrected chi connectivity index (χ4v) is 2.29. The molecule has 0 amide bonds. The van der Waals surface area contributed by atoms with Crippen LogP contribution in [0.1, 0.15) is 30.1 Å². The Hall–Kier alpha value is -1.39. The Morgan fingerprint density at radius 1 is 1.29 bits per heavy atom. The maximum atomic E-state index is 11.2. The highest BCUT2D eigenvalue weighted by Gasteiger charge is 2.51. The van der Waals surface area contributed by atoms with Gasteiger partial charge in [0.15, 0.2) is 0 Å². The van der Waals surface area contributed by atoms with Crippen LogP contribution in [0.25, 0.3) is 0 Å². The highest BCUT2D eigenvalue weighted by molar-refractivity contribution is 5.84. The number of hydrogen-bond donors (Lipinski definition) is 1. The molecule has 4 nitrogen and oxygen atoms in total. The number of ether oxygens (including phenoxy) is 2. The summed E-state index contributed by atoms with van der Waals surface area (Å²) in [6, 6.07) is 7.69. The fourth-order valence-electron chi connectivity index (χ4n) is 2.29. The average molecular weight is 234 g/mol. The minimum absolute atomic E-state index is 0.0102. The molecule has 1 aromatic carbocycles. The van der Waals surface area contributed by atoms with Crippen LogP contribution in [0.5, 0.6) is 0 Å². The summed E-state index contributed by atoms with van der Waals surface area (Å²) in [5.74, 6) is -0.717. The van der Waals surface area contributed by atoms with Crippen LogP contribution in [0.3, 0.4) is 0 Å². The molecule has 1 aliphatic heterocycles. The van der Waals surface area contributed by atoms with E-state index in [-0.39, 0.29) is 6.10 Å². The Kier molecular flexibility index (Phi) is 2.42. The van der Waals surface area contributed by atoms with Crippen molar-refractivity contribution in [2.24, 2.45) is 0 Å². The van der Waals surface area contributed by atoms with E-state index in [4.69, 9.17) is 9.47 Å². The highest BCUT2D eigenvalue weighted by Crippen LogP contribution is 2.48. The molecule has 0 bridgehead atoms. The van der Waals surface area contributed by atoms with E-state index in [1.54, 1.807) is 0 Å². The lowest BCUT2D eigenvalue weighted by atomic mass is 9.94. The average Bonchev–Trinajstić information content (AvgIpc) is 2.98. The van der Waals surface area contributed by atoms with Crippen molar-refractivity contribution < 1.29 is 19.4 Å². The third kappa shape index (κ3) is 1.73. The molecule has 0 aromatic heterocycles. The van der Waals surface area contributed by atoms with Crippen molar-refractivity contribution in [2.45, 2.75) is 24.4 Å². The van der Waals surface area contributed by atoms with Crippen molar-refractivity contribution in [1.29, 1.82) is 0 Å². The summed E-state index contributed by atoms with van der Waals surface area (Å²) in [6.45, 7) is 0.912. The van der Waals surface area contributed by atoms with Crippen molar-refractivity contribution in [2.75, 3.05) is 13.4 Å². The first-order valence-electron chi connectivity index (χ1n) is 5.75. The van der Waals surface area contributed by atoms with Crippen LogP contribution < -0.4 is 0 Å². The Labute approximate surface area is 99.2 Å². The molecule has 2 fully saturated rings. The van der Waals surface area contributed by atoms with Gasteiger partial charge in [-0.25, -0.2) is 0 Å². The Bertz CT molecular complexity index is 427. The molecule has 4 heteroatoms. The van der Waals surface area contributed by atoms with E-state index >= 15 is 0 Å². The first-order valence-corrected chi connectivity index (χ1v) is 5.75. The molecule has 1 saturated heterocycles. The largest absolute Gasteiger partial charge is 0.481 e. The van der Waals surface area contributed by atoms with E-state index < -0.39 is 11.4 Å². The Morgan fingerprint density at radius 2 is 2.00 bits per heavy atom. The summed E-state index contributed by atoms with van der Waals surface area (Å²) in [4.78, 5) is 11.2. The molecule has 0 radical (unpaired) electrons. The third-order valence-electron chi connectivity index (χ3n) is 3.62. The number of carbonyl (C=O) groups is 1. The molecule has 17 heavy (non-hydrogen) atoms. The van der Waals surface area contributed by atoms with Gasteiger partial charge in [-0.05, 0) is 24.0 Å². The minimum atomic E-state index is -0.717. The summed E-state index contributed by atoms with van der Waals surface area (Å²) in [5.41, 5.74) is 1.33. The molecular formula is C13H14O4. The minimum Gasteiger partial charge on any atom is -0.481 e. The van der Waals surface area contributed by atoms with Crippen LogP contribution in [-0.4, -0.2) is 24.5 Å². The Morgan fingerprint density at radius 3 is 2.47 bits per heavy atom. The number of hydrogen-bond acceptors (Lipinski definition) is 3. The standard InChI is InChI=1S/C13H14O4/c14-12(15)13(5-6-13)10-3-1-9(2-4-10)11-7-16-8-17-11/h1-4,11H,5-8H2,(H,14,15). The molecule has 3 rings (SSSR count). The van der Waals surface area contributed by atoms with E-state index in [0.29, 0.717) is 13.4 Å². The zero-order valence-corrected chi connectivity index (χ0v) is 9.39. The zero-order chi connectivity index (χ0) is 11.9. The van der Waals surface area contributed by atoms with E-state index in [1.807, 2.05) is 24.3 Å². The second kappa shape index (κ2) is 3.82. The number of carboxylic acid groups (broad SMARTS) is 1. The lowest BCUT2D eigenvalue weighted by molar-refractivity contribution is -0.140. The second-order valence-corrected chi connectivity index (χ2v) is 4.65. The summed E-state index contributed by atoms with van der Waals surface area (Å²) in [6.07, 6.45) is 1.47. The van der Waals surface area contributed by atoms with Crippen LogP contribution in [0.15, 0.2) is 24.3 Å². The van der Waals surface area contributed by atoms with E-state index in [9.17, 15) is 9.90 Å². The van der Waals surface area contributed by atoms with Gasteiger partial charge in [0.1, 0.15) is 12.9 Å². The molecule has 0 spiro atoms. The van der Waals surface area contributed by atoms with Gasteiger partial charge >= 0.3 is 5.97 Å². The third-order valence-corrected chi connectivity index (χ3v) is 3.62. The van der Waals surface area contributed by atoms with Crippen molar-refractivity contribution in [3.05, 3.63) is 35.4 Å². The highest BCUT2D eigenvalue weighted by atomic mass is 16.7. The lowest BCUT2D eigenvalue weighted by Crippen LogP contribution is -2.19. The van der Waals surface area contributed by atoms with E-state index in [2.05, 4.69) is 0 Å². The molecule has 1 saturated carbocycles. The predicted molar refractivity (Wildman–Crippen MR) is 59.6 cm³/mol. The molecule has 1 aromatic rings. The van der Waals surface area contributed by atoms with Crippen molar-refractivity contribution in [3.8, 4) is 0 Å². The number of aliphatic carboxylic acids is 1. The number of benzene rings is 1. The van der Waals surface area contributed by atoms with E-state index in [0.717, 1.165) is 24.0 Å².